The van der Waals surface area contributed by atoms with Gasteiger partial charge >= 0.3 is 15.6 Å². The van der Waals surface area contributed by atoms with Crippen LogP contribution in [0.3, 0.4) is 0 Å². The van der Waals surface area contributed by atoms with E-state index in [1.165, 1.54) is 12.1 Å². The van der Waals surface area contributed by atoms with E-state index in [-0.39, 0.29) is 11.8 Å². The second-order valence-corrected chi connectivity index (χ2v) is 6.18. The number of hydrogen-bond acceptors (Lipinski definition) is 4. The number of benzene rings is 2. The quantitative estimate of drug-likeness (QED) is 0.353. The van der Waals surface area contributed by atoms with E-state index in [0.29, 0.717) is 5.56 Å². The molecule has 0 aliphatic carbocycles. The highest BCUT2D eigenvalue weighted by Crippen LogP contribution is 2.29. The number of rotatable bonds is 5. The number of carbonyl (C=O) groups excluding carboxylic acids is 1. The normalized spacial score (nSPS) is 12.3. The molecule has 8 heteroatoms. The Bertz CT molecular complexity index is 857. The zero-order valence-corrected chi connectivity index (χ0v) is 12.8. The van der Waals surface area contributed by atoms with Crippen molar-refractivity contribution in [1.29, 1.82) is 0 Å². The average molecular weight is 356 g/mol. The molecule has 0 fully saturated rings. The van der Waals surface area contributed by atoms with Crippen molar-refractivity contribution in [3.8, 4) is 5.75 Å². The topological polar surface area (TPSA) is 60.4 Å². The fourth-order valence-electron chi connectivity index (χ4n) is 1.76. The van der Waals surface area contributed by atoms with Crippen LogP contribution in [0.5, 0.6) is 5.75 Å². The van der Waals surface area contributed by atoms with Crippen molar-refractivity contribution in [2.45, 2.75) is 5.51 Å². The molecule has 2 rings (SSSR count). The summed E-state index contributed by atoms with van der Waals surface area (Å²) in [5, 5.41) is 0. The van der Waals surface area contributed by atoms with Crippen LogP contribution in [-0.4, -0.2) is 20.2 Å². The van der Waals surface area contributed by atoms with Gasteiger partial charge in [0.15, 0.2) is 12.0 Å². The van der Waals surface area contributed by atoms with Crippen molar-refractivity contribution in [1.82, 2.24) is 0 Å². The Hall–Kier alpha value is -2.61. The first-order valence-electron chi connectivity index (χ1n) is 6.56. The van der Waals surface area contributed by atoms with E-state index in [9.17, 15) is 26.4 Å². The minimum atomic E-state index is -5.83. The lowest BCUT2D eigenvalue weighted by Crippen LogP contribution is -2.28. The number of alkyl halides is 3. The highest BCUT2D eigenvalue weighted by atomic mass is 32.2. The molecular weight excluding hydrogens is 345 g/mol. The third-order valence-corrected chi connectivity index (χ3v) is 3.88. The molecule has 0 saturated carbocycles. The van der Waals surface area contributed by atoms with E-state index in [4.69, 9.17) is 0 Å². The van der Waals surface area contributed by atoms with E-state index >= 15 is 0 Å². The van der Waals surface area contributed by atoms with Crippen LogP contribution in [0.4, 0.5) is 13.2 Å². The van der Waals surface area contributed by atoms with Crippen LogP contribution in [0.1, 0.15) is 21.5 Å². The molecule has 0 spiro atoms. The fraction of sp³-hybridized carbons (Fsp3) is 0.0625. The van der Waals surface area contributed by atoms with Gasteiger partial charge in [0.1, 0.15) is 0 Å². The molecule has 0 unspecified atom stereocenters. The average Bonchev–Trinajstić information content (AvgIpc) is 2.53. The Labute approximate surface area is 136 Å². The zero-order chi connectivity index (χ0) is 17.8. The van der Waals surface area contributed by atoms with Crippen molar-refractivity contribution < 1.29 is 30.6 Å². The lowest BCUT2D eigenvalue weighted by molar-refractivity contribution is -0.0500. The molecular formula is C16H11F3O4S. The van der Waals surface area contributed by atoms with Crippen molar-refractivity contribution in [3.05, 3.63) is 65.2 Å². The van der Waals surface area contributed by atoms with Crippen LogP contribution >= 0.6 is 0 Å². The Morgan fingerprint density at radius 1 is 0.917 bits per heavy atom. The minimum absolute atomic E-state index is 0.223. The van der Waals surface area contributed by atoms with Crippen molar-refractivity contribution in [3.63, 3.8) is 0 Å². The maximum absolute atomic E-state index is 12.3. The monoisotopic (exact) mass is 356 g/mol. The van der Waals surface area contributed by atoms with Gasteiger partial charge in [-0.1, -0.05) is 48.6 Å². The molecule has 0 saturated heterocycles. The van der Waals surface area contributed by atoms with Crippen LogP contribution in [0.25, 0.3) is 12.2 Å². The molecule has 0 aliphatic rings. The smallest absolute Gasteiger partial charge is 0.375 e. The summed E-state index contributed by atoms with van der Waals surface area (Å²) in [5.41, 5.74) is -4.50. The molecule has 0 N–H and O–H groups in total. The largest absolute Gasteiger partial charge is 0.534 e. The van der Waals surface area contributed by atoms with E-state index in [0.717, 1.165) is 11.6 Å². The molecule has 0 heterocycles. The summed E-state index contributed by atoms with van der Waals surface area (Å²) >= 11 is 0. The van der Waals surface area contributed by atoms with Gasteiger partial charge in [-0.05, 0) is 23.3 Å². The van der Waals surface area contributed by atoms with Gasteiger partial charge in [0.25, 0.3) is 0 Å². The van der Waals surface area contributed by atoms with Crippen molar-refractivity contribution >= 4 is 28.6 Å². The van der Waals surface area contributed by atoms with E-state index < -0.39 is 21.4 Å². The predicted molar refractivity (Wildman–Crippen MR) is 82.8 cm³/mol. The van der Waals surface area contributed by atoms with E-state index in [1.807, 2.05) is 30.3 Å². The standard InChI is InChI=1S/C16H11F3O4S/c17-16(18,19)24(21,22)23-15-9-8-13(10-14(15)11-20)7-6-12-4-2-1-3-5-12/h1-11H/b7-6+. The lowest BCUT2D eigenvalue weighted by atomic mass is 10.1. The van der Waals surface area contributed by atoms with Crippen LogP contribution < -0.4 is 4.18 Å². The second-order valence-electron chi connectivity index (χ2n) is 4.64. The molecule has 0 atom stereocenters. The first kappa shape index (κ1) is 17.7. The van der Waals surface area contributed by atoms with Gasteiger partial charge in [-0.2, -0.15) is 21.6 Å². The molecule has 24 heavy (non-hydrogen) atoms. The number of carbonyl (C=O) groups is 1. The molecule has 126 valence electrons. The van der Waals surface area contributed by atoms with Crippen molar-refractivity contribution in [2.24, 2.45) is 0 Å². The minimum Gasteiger partial charge on any atom is -0.375 e. The van der Waals surface area contributed by atoms with Crippen LogP contribution in [0, 0.1) is 0 Å². The van der Waals surface area contributed by atoms with Crippen LogP contribution in [0.15, 0.2) is 48.5 Å². The third-order valence-electron chi connectivity index (χ3n) is 2.91. The van der Waals surface area contributed by atoms with Gasteiger partial charge in [-0.25, -0.2) is 0 Å². The summed E-state index contributed by atoms with van der Waals surface area (Å²) in [6, 6.07) is 12.7. The maximum atomic E-state index is 12.3. The molecule has 0 aromatic heterocycles. The molecule has 0 radical (unpaired) electrons. The molecule has 0 bridgehead atoms. The van der Waals surface area contributed by atoms with E-state index in [1.54, 1.807) is 12.2 Å². The summed E-state index contributed by atoms with van der Waals surface area (Å²) in [7, 11) is -5.83. The number of aldehydes is 1. The van der Waals surface area contributed by atoms with Gasteiger partial charge in [0, 0.05) is 0 Å². The Morgan fingerprint density at radius 3 is 2.12 bits per heavy atom. The highest BCUT2D eigenvalue weighted by molar-refractivity contribution is 7.88. The van der Waals surface area contributed by atoms with Gasteiger partial charge in [0.05, 0.1) is 5.56 Å². The fourth-order valence-corrected chi connectivity index (χ4v) is 2.24. The molecule has 2 aromatic carbocycles. The summed E-state index contributed by atoms with van der Waals surface area (Å²) < 4.78 is 63.0. The van der Waals surface area contributed by atoms with E-state index in [2.05, 4.69) is 4.18 Å². The zero-order valence-electron chi connectivity index (χ0n) is 12.0. The summed E-state index contributed by atoms with van der Waals surface area (Å²) in [6.45, 7) is 0. The second kappa shape index (κ2) is 6.88. The van der Waals surface area contributed by atoms with Gasteiger partial charge in [-0.15, -0.1) is 0 Å². The first-order valence-corrected chi connectivity index (χ1v) is 7.97. The SMILES string of the molecule is O=Cc1cc(/C=C/c2ccccc2)ccc1OS(=O)(=O)C(F)(F)F. The predicted octanol–water partition coefficient (Wildman–Crippen LogP) is 3.90. The first-order chi connectivity index (χ1) is 11.2. The maximum Gasteiger partial charge on any atom is 0.534 e. The molecule has 0 amide bonds. The molecule has 2 aromatic rings. The Kier molecular flexibility index (Phi) is 5.08. The summed E-state index contributed by atoms with van der Waals surface area (Å²) in [5.74, 6) is -0.681. The van der Waals surface area contributed by atoms with Gasteiger partial charge < -0.3 is 4.18 Å². The van der Waals surface area contributed by atoms with Crippen molar-refractivity contribution in [2.75, 3.05) is 0 Å². The van der Waals surface area contributed by atoms with Gasteiger partial charge in [-0.3, -0.25) is 4.79 Å². The summed E-state index contributed by atoms with van der Waals surface area (Å²) in [4.78, 5) is 11.0. The number of halogens is 3. The molecule has 4 nitrogen and oxygen atoms in total. The third kappa shape index (κ3) is 4.23. The Morgan fingerprint density at radius 2 is 1.54 bits per heavy atom. The van der Waals surface area contributed by atoms with Crippen LogP contribution in [-0.2, 0) is 10.1 Å². The molecule has 0 aliphatic heterocycles. The number of hydrogen-bond donors (Lipinski definition) is 0. The lowest BCUT2D eigenvalue weighted by Gasteiger charge is -2.11. The highest BCUT2D eigenvalue weighted by Gasteiger charge is 2.48. The Balaban J connectivity index is 2.28. The van der Waals surface area contributed by atoms with Crippen LogP contribution in [0.2, 0.25) is 0 Å². The summed E-state index contributed by atoms with van der Waals surface area (Å²) in [6.07, 6.45) is 3.59. The van der Waals surface area contributed by atoms with Gasteiger partial charge in [0.2, 0.25) is 0 Å².